The van der Waals surface area contributed by atoms with Gasteiger partial charge in [-0.25, -0.2) is 4.98 Å². The van der Waals surface area contributed by atoms with Crippen molar-refractivity contribution in [3.8, 4) is 0 Å². The average Bonchev–Trinajstić information content (AvgIpc) is 2.67. The molecule has 100 valence electrons. The SMILES string of the molecule is O=C(O)C1CCCc2sc(CCC(F)(F)F)nc21. The van der Waals surface area contributed by atoms with Crippen molar-refractivity contribution < 1.29 is 23.1 Å². The van der Waals surface area contributed by atoms with Gasteiger partial charge in [0.25, 0.3) is 0 Å². The van der Waals surface area contributed by atoms with Gasteiger partial charge in [-0.15, -0.1) is 11.3 Å². The number of rotatable bonds is 3. The fourth-order valence-electron chi connectivity index (χ4n) is 2.06. The molecule has 0 amide bonds. The summed E-state index contributed by atoms with van der Waals surface area (Å²) in [6, 6.07) is 0. The smallest absolute Gasteiger partial charge is 0.389 e. The zero-order valence-electron chi connectivity index (χ0n) is 9.46. The van der Waals surface area contributed by atoms with E-state index < -0.39 is 24.5 Å². The molecule has 2 rings (SSSR count). The van der Waals surface area contributed by atoms with Crippen LogP contribution in [-0.2, 0) is 17.6 Å². The lowest BCUT2D eigenvalue weighted by Gasteiger charge is -2.16. The van der Waals surface area contributed by atoms with Crippen molar-refractivity contribution in [1.29, 1.82) is 0 Å². The predicted molar refractivity (Wildman–Crippen MR) is 59.8 cm³/mol. The Hall–Kier alpha value is -1.11. The van der Waals surface area contributed by atoms with Crippen LogP contribution in [0.15, 0.2) is 0 Å². The molecule has 0 fully saturated rings. The number of hydrogen-bond acceptors (Lipinski definition) is 3. The highest BCUT2D eigenvalue weighted by atomic mass is 32.1. The van der Waals surface area contributed by atoms with Gasteiger partial charge in [-0.2, -0.15) is 13.2 Å². The molecule has 1 aliphatic carbocycles. The van der Waals surface area contributed by atoms with E-state index in [1.54, 1.807) is 0 Å². The van der Waals surface area contributed by atoms with Crippen LogP contribution in [0.5, 0.6) is 0 Å². The number of aliphatic carboxylic acids is 1. The van der Waals surface area contributed by atoms with E-state index in [-0.39, 0.29) is 6.42 Å². The Morgan fingerprint density at radius 2 is 2.22 bits per heavy atom. The van der Waals surface area contributed by atoms with Gasteiger partial charge in [0, 0.05) is 17.7 Å². The number of aromatic nitrogens is 1. The molecular formula is C11H12F3NO2S. The number of thiazole rings is 1. The Labute approximate surface area is 106 Å². The molecule has 3 nitrogen and oxygen atoms in total. The quantitative estimate of drug-likeness (QED) is 0.924. The molecule has 1 heterocycles. The highest BCUT2D eigenvalue weighted by molar-refractivity contribution is 7.11. The maximum absolute atomic E-state index is 12.1. The molecule has 1 aliphatic rings. The number of halogens is 3. The van der Waals surface area contributed by atoms with E-state index >= 15 is 0 Å². The van der Waals surface area contributed by atoms with Crippen LogP contribution in [-0.4, -0.2) is 22.2 Å². The van der Waals surface area contributed by atoms with Crippen molar-refractivity contribution >= 4 is 17.3 Å². The molecule has 0 bridgehead atoms. The molecule has 1 N–H and O–H groups in total. The number of alkyl halides is 3. The van der Waals surface area contributed by atoms with Gasteiger partial charge < -0.3 is 5.11 Å². The van der Waals surface area contributed by atoms with Gasteiger partial charge in [0.15, 0.2) is 0 Å². The third-order valence-electron chi connectivity index (χ3n) is 2.92. The second-order valence-electron chi connectivity index (χ2n) is 4.31. The molecule has 0 spiro atoms. The third kappa shape index (κ3) is 3.01. The van der Waals surface area contributed by atoms with Crippen molar-refractivity contribution in [3.63, 3.8) is 0 Å². The number of aryl methyl sites for hydroxylation is 2. The van der Waals surface area contributed by atoms with Gasteiger partial charge in [0.05, 0.1) is 16.6 Å². The summed E-state index contributed by atoms with van der Waals surface area (Å²) in [4.78, 5) is 16.0. The van der Waals surface area contributed by atoms with Crippen molar-refractivity contribution in [2.75, 3.05) is 0 Å². The largest absolute Gasteiger partial charge is 0.481 e. The summed E-state index contributed by atoms with van der Waals surface area (Å²) in [5.41, 5.74) is 0.482. The Morgan fingerprint density at radius 3 is 2.83 bits per heavy atom. The molecule has 1 unspecified atom stereocenters. The van der Waals surface area contributed by atoms with E-state index in [0.717, 1.165) is 17.7 Å². The molecule has 7 heteroatoms. The van der Waals surface area contributed by atoms with E-state index in [2.05, 4.69) is 4.98 Å². The summed E-state index contributed by atoms with van der Waals surface area (Å²) in [7, 11) is 0. The van der Waals surface area contributed by atoms with Gasteiger partial charge in [-0.1, -0.05) is 0 Å². The summed E-state index contributed by atoms with van der Waals surface area (Å²) in [6.07, 6.45) is -3.26. The van der Waals surface area contributed by atoms with E-state index in [9.17, 15) is 18.0 Å². The Kier molecular flexibility index (Phi) is 3.61. The van der Waals surface area contributed by atoms with E-state index in [4.69, 9.17) is 5.11 Å². The normalized spacial score (nSPS) is 19.6. The van der Waals surface area contributed by atoms with Crippen molar-refractivity contribution in [3.05, 3.63) is 15.6 Å². The third-order valence-corrected chi connectivity index (χ3v) is 4.11. The topological polar surface area (TPSA) is 50.2 Å². The van der Waals surface area contributed by atoms with Gasteiger partial charge in [-0.05, 0) is 19.3 Å². The minimum atomic E-state index is -4.20. The monoisotopic (exact) mass is 279 g/mol. The molecule has 1 aromatic rings. The molecule has 1 atom stereocenters. The van der Waals surface area contributed by atoms with Crippen molar-refractivity contribution in [2.24, 2.45) is 0 Å². The van der Waals surface area contributed by atoms with Gasteiger partial charge in [-0.3, -0.25) is 4.79 Å². The maximum atomic E-state index is 12.1. The average molecular weight is 279 g/mol. The number of nitrogens with zero attached hydrogens (tertiary/aromatic N) is 1. The van der Waals surface area contributed by atoms with Gasteiger partial charge in [0.1, 0.15) is 0 Å². The first-order valence-electron chi connectivity index (χ1n) is 5.65. The summed E-state index contributed by atoms with van der Waals surface area (Å²) in [5.74, 6) is -1.59. The fraction of sp³-hybridized carbons (Fsp3) is 0.636. The minimum absolute atomic E-state index is 0.159. The van der Waals surface area contributed by atoms with Gasteiger partial charge in [0.2, 0.25) is 0 Å². The van der Waals surface area contributed by atoms with Gasteiger partial charge >= 0.3 is 12.1 Å². The van der Waals surface area contributed by atoms with Crippen LogP contribution >= 0.6 is 11.3 Å². The van der Waals surface area contributed by atoms with Crippen LogP contribution < -0.4 is 0 Å². The lowest BCUT2D eigenvalue weighted by Crippen LogP contribution is -2.17. The Morgan fingerprint density at radius 1 is 1.50 bits per heavy atom. The zero-order valence-corrected chi connectivity index (χ0v) is 10.3. The number of carbonyl (C=O) groups is 1. The molecule has 1 aromatic heterocycles. The summed E-state index contributed by atoms with van der Waals surface area (Å²) in [6.45, 7) is 0. The molecule has 0 saturated carbocycles. The fourth-order valence-corrected chi connectivity index (χ4v) is 3.24. The lowest BCUT2D eigenvalue weighted by atomic mass is 9.91. The second kappa shape index (κ2) is 4.87. The highest BCUT2D eigenvalue weighted by Gasteiger charge is 2.31. The number of fused-ring (bicyclic) bond motifs is 1. The summed E-state index contributed by atoms with van der Waals surface area (Å²) < 4.78 is 36.3. The van der Waals surface area contributed by atoms with E-state index in [0.29, 0.717) is 17.1 Å². The Bertz CT molecular complexity index is 456. The lowest BCUT2D eigenvalue weighted by molar-refractivity contribution is -0.139. The van der Waals surface area contributed by atoms with Crippen LogP contribution in [0.25, 0.3) is 0 Å². The Balaban J connectivity index is 2.14. The summed E-state index contributed by atoms with van der Waals surface area (Å²) >= 11 is 1.22. The number of hydrogen-bond donors (Lipinski definition) is 1. The minimum Gasteiger partial charge on any atom is -0.481 e. The van der Waals surface area contributed by atoms with Crippen LogP contribution in [0.2, 0.25) is 0 Å². The number of carboxylic acids is 1. The zero-order chi connectivity index (χ0) is 13.3. The molecule has 0 aromatic carbocycles. The second-order valence-corrected chi connectivity index (χ2v) is 5.48. The molecule has 0 aliphatic heterocycles. The first kappa shape index (κ1) is 13.3. The maximum Gasteiger partial charge on any atom is 0.389 e. The summed E-state index contributed by atoms with van der Waals surface area (Å²) in [5, 5.41) is 9.43. The molecule has 0 radical (unpaired) electrons. The number of carboxylic acid groups (broad SMARTS) is 1. The van der Waals surface area contributed by atoms with Crippen molar-refractivity contribution in [2.45, 2.75) is 44.2 Å². The first-order valence-corrected chi connectivity index (χ1v) is 6.46. The molecule has 18 heavy (non-hydrogen) atoms. The highest BCUT2D eigenvalue weighted by Crippen LogP contribution is 2.36. The molecule has 0 saturated heterocycles. The predicted octanol–water partition coefficient (Wildman–Crippen LogP) is 3.14. The van der Waals surface area contributed by atoms with Crippen LogP contribution in [0.1, 0.15) is 40.8 Å². The van der Waals surface area contributed by atoms with Crippen LogP contribution in [0, 0.1) is 0 Å². The van der Waals surface area contributed by atoms with E-state index in [1.807, 2.05) is 0 Å². The van der Waals surface area contributed by atoms with Crippen molar-refractivity contribution in [1.82, 2.24) is 4.98 Å². The van der Waals surface area contributed by atoms with Crippen LogP contribution in [0.4, 0.5) is 13.2 Å². The molecular weight excluding hydrogens is 267 g/mol. The van der Waals surface area contributed by atoms with Crippen LogP contribution in [0.3, 0.4) is 0 Å². The standard InChI is InChI=1S/C11H12F3NO2S/c12-11(13,14)5-4-8-15-9-6(10(16)17)2-1-3-7(9)18-8/h6H,1-5H2,(H,16,17). The first-order chi connectivity index (χ1) is 8.37. The van der Waals surface area contributed by atoms with E-state index in [1.165, 1.54) is 11.3 Å².